The molecule has 1 unspecified atom stereocenters. The maximum Gasteiger partial charge on any atom is 0.228 e. The highest BCUT2D eigenvalue weighted by Crippen LogP contribution is 2.20. The molecule has 0 aromatic heterocycles. The van der Waals surface area contributed by atoms with Crippen molar-refractivity contribution in [3.05, 3.63) is 0 Å². The standard InChI is InChI=1S/C11H22N2O/c1-9-5-6-12-7-8-13(9)10(14)11(2,3)4/h9,12H,5-8H2,1-4H3. The van der Waals surface area contributed by atoms with Crippen molar-refractivity contribution in [2.75, 3.05) is 19.6 Å². The number of amides is 1. The van der Waals surface area contributed by atoms with E-state index >= 15 is 0 Å². The molecule has 1 saturated heterocycles. The molecule has 3 heteroatoms. The maximum absolute atomic E-state index is 12.1. The van der Waals surface area contributed by atoms with Crippen LogP contribution in [0.5, 0.6) is 0 Å². The van der Waals surface area contributed by atoms with Crippen LogP contribution in [0, 0.1) is 5.41 Å². The Kier molecular flexibility index (Phi) is 3.53. The molecule has 1 aliphatic heterocycles. The highest BCUT2D eigenvalue weighted by atomic mass is 16.2. The third-order valence-corrected chi connectivity index (χ3v) is 2.70. The lowest BCUT2D eigenvalue weighted by Gasteiger charge is -2.32. The van der Waals surface area contributed by atoms with Crippen molar-refractivity contribution in [3.63, 3.8) is 0 Å². The van der Waals surface area contributed by atoms with E-state index in [0.717, 1.165) is 26.1 Å². The summed E-state index contributed by atoms with van der Waals surface area (Å²) in [6.45, 7) is 10.9. The Morgan fingerprint density at radius 3 is 2.57 bits per heavy atom. The molecule has 14 heavy (non-hydrogen) atoms. The molecular weight excluding hydrogens is 176 g/mol. The van der Waals surface area contributed by atoms with Crippen LogP contribution in [0.15, 0.2) is 0 Å². The number of hydrogen-bond donors (Lipinski definition) is 1. The van der Waals surface area contributed by atoms with Gasteiger partial charge in [0.05, 0.1) is 0 Å². The van der Waals surface area contributed by atoms with Gasteiger partial charge in [-0.25, -0.2) is 0 Å². The summed E-state index contributed by atoms with van der Waals surface area (Å²) < 4.78 is 0. The van der Waals surface area contributed by atoms with Crippen LogP contribution in [0.2, 0.25) is 0 Å². The minimum absolute atomic E-state index is 0.251. The lowest BCUT2D eigenvalue weighted by Crippen LogP contribution is -2.45. The van der Waals surface area contributed by atoms with Gasteiger partial charge in [0.1, 0.15) is 0 Å². The summed E-state index contributed by atoms with van der Waals surface area (Å²) in [7, 11) is 0. The number of rotatable bonds is 0. The Morgan fingerprint density at radius 1 is 1.36 bits per heavy atom. The average molecular weight is 198 g/mol. The normalized spacial score (nSPS) is 24.6. The van der Waals surface area contributed by atoms with Gasteiger partial charge in [-0.1, -0.05) is 20.8 Å². The number of hydrogen-bond acceptors (Lipinski definition) is 2. The van der Waals surface area contributed by atoms with Crippen molar-refractivity contribution >= 4 is 5.91 Å². The quantitative estimate of drug-likeness (QED) is 0.635. The summed E-state index contributed by atoms with van der Waals surface area (Å²) in [4.78, 5) is 14.1. The van der Waals surface area contributed by atoms with Gasteiger partial charge in [0.25, 0.3) is 0 Å². The number of nitrogens with one attached hydrogen (secondary N) is 1. The number of nitrogens with zero attached hydrogens (tertiary/aromatic N) is 1. The van der Waals surface area contributed by atoms with Gasteiger partial charge < -0.3 is 10.2 Å². The molecule has 1 fully saturated rings. The first-order valence-corrected chi connectivity index (χ1v) is 5.44. The van der Waals surface area contributed by atoms with Crippen LogP contribution in [-0.2, 0) is 4.79 Å². The zero-order valence-corrected chi connectivity index (χ0v) is 9.76. The molecule has 1 N–H and O–H groups in total. The molecule has 0 aromatic rings. The summed E-state index contributed by atoms with van der Waals surface area (Å²) in [5.41, 5.74) is -0.251. The van der Waals surface area contributed by atoms with Crippen molar-refractivity contribution in [2.45, 2.75) is 40.2 Å². The minimum atomic E-state index is -0.251. The third-order valence-electron chi connectivity index (χ3n) is 2.70. The van der Waals surface area contributed by atoms with Gasteiger partial charge >= 0.3 is 0 Å². The second-order valence-corrected chi connectivity index (χ2v) is 5.14. The Hall–Kier alpha value is -0.570. The predicted molar refractivity (Wildman–Crippen MR) is 58.1 cm³/mol. The zero-order valence-electron chi connectivity index (χ0n) is 9.76. The van der Waals surface area contributed by atoms with Crippen molar-refractivity contribution in [3.8, 4) is 0 Å². The lowest BCUT2D eigenvalue weighted by atomic mass is 9.94. The van der Waals surface area contributed by atoms with Gasteiger partial charge in [-0.15, -0.1) is 0 Å². The van der Waals surface area contributed by atoms with Gasteiger partial charge in [0.2, 0.25) is 5.91 Å². The third kappa shape index (κ3) is 2.71. The molecule has 0 bridgehead atoms. The molecule has 1 amide bonds. The van der Waals surface area contributed by atoms with Gasteiger partial charge in [-0.3, -0.25) is 4.79 Å². The van der Waals surface area contributed by atoms with Crippen molar-refractivity contribution in [1.29, 1.82) is 0 Å². The Morgan fingerprint density at radius 2 is 2.00 bits per heavy atom. The van der Waals surface area contributed by atoms with Crippen molar-refractivity contribution in [1.82, 2.24) is 10.2 Å². The molecule has 1 heterocycles. The molecule has 0 saturated carbocycles. The smallest absolute Gasteiger partial charge is 0.228 e. The van der Waals surface area contributed by atoms with Gasteiger partial charge in [-0.2, -0.15) is 0 Å². The second kappa shape index (κ2) is 4.30. The summed E-state index contributed by atoms with van der Waals surface area (Å²) in [5, 5.41) is 3.32. The van der Waals surface area contributed by atoms with Crippen LogP contribution in [0.25, 0.3) is 0 Å². The molecule has 82 valence electrons. The topological polar surface area (TPSA) is 32.3 Å². The summed E-state index contributed by atoms with van der Waals surface area (Å²) in [5.74, 6) is 0.272. The van der Waals surface area contributed by atoms with Crippen LogP contribution >= 0.6 is 0 Å². The molecule has 1 rings (SSSR count). The average Bonchev–Trinajstić information content (AvgIpc) is 2.27. The second-order valence-electron chi connectivity index (χ2n) is 5.14. The molecule has 1 aliphatic rings. The highest BCUT2D eigenvalue weighted by Gasteiger charge is 2.30. The van der Waals surface area contributed by atoms with Gasteiger partial charge in [-0.05, 0) is 19.9 Å². The summed E-state index contributed by atoms with van der Waals surface area (Å²) in [6.07, 6.45) is 1.06. The van der Waals surface area contributed by atoms with Crippen LogP contribution < -0.4 is 5.32 Å². The first-order valence-electron chi connectivity index (χ1n) is 5.44. The largest absolute Gasteiger partial charge is 0.338 e. The maximum atomic E-state index is 12.1. The SMILES string of the molecule is CC1CCNCCN1C(=O)C(C)(C)C. The molecule has 3 nitrogen and oxygen atoms in total. The molecule has 0 aromatic carbocycles. The first kappa shape index (κ1) is 11.5. The van der Waals surface area contributed by atoms with Crippen molar-refractivity contribution < 1.29 is 4.79 Å². The fourth-order valence-electron chi connectivity index (χ4n) is 1.74. The van der Waals surface area contributed by atoms with E-state index in [1.54, 1.807) is 0 Å². The van der Waals surface area contributed by atoms with E-state index in [1.807, 2.05) is 25.7 Å². The van der Waals surface area contributed by atoms with E-state index in [-0.39, 0.29) is 11.3 Å². The zero-order chi connectivity index (χ0) is 10.8. The number of carbonyl (C=O) groups is 1. The van der Waals surface area contributed by atoms with Crippen LogP contribution in [0.3, 0.4) is 0 Å². The minimum Gasteiger partial charge on any atom is -0.338 e. The highest BCUT2D eigenvalue weighted by molar-refractivity contribution is 5.81. The lowest BCUT2D eigenvalue weighted by molar-refractivity contribution is -0.141. The van der Waals surface area contributed by atoms with Crippen LogP contribution in [0.1, 0.15) is 34.1 Å². The van der Waals surface area contributed by atoms with Gasteiger partial charge in [0, 0.05) is 24.5 Å². The fourth-order valence-corrected chi connectivity index (χ4v) is 1.74. The fraction of sp³-hybridized carbons (Fsp3) is 0.909. The van der Waals surface area contributed by atoms with E-state index in [1.165, 1.54) is 0 Å². The Labute approximate surface area is 86.9 Å². The molecule has 0 aliphatic carbocycles. The van der Waals surface area contributed by atoms with Crippen LogP contribution in [0.4, 0.5) is 0 Å². The van der Waals surface area contributed by atoms with Crippen LogP contribution in [-0.4, -0.2) is 36.5 Å². The Bertz CT molecular complexity index is 208. The van der Waals surface area contributed by atoms with E-state index in [0.29, 0.717) is 6.04 Å². The Balaban J connectivity index is 2.69. The first-order chi connectivity index (χ1) is 6.43. The van der Waals surface area contributed by atoms with E-state index in [2.05, 4.69) is 12.2 Å². The molecule has 0 spiro atoms. The predicted octanol–water partition coefficient (Wildman–Crippen LogP) is 1.24. The van der Waals surface area contributed by atoms with E-state index < -0.39 is 0 Å². The summed E-state index contributed by atoms with van der Waals surface area (Å²) >= 11 is 0. The monoisotopic (exact) mass is 198 g/mol. The van der Waals surface area contributed by atoms with Gasteiger partial charge in [0.15, 0.2) is 0 Å². The number of carbonyl (C=O) groups excluding carboxylic acids is 1. The van der Waals surface area contributed by atoms with E-state index in [9.17, 15) is 4.79 Å². The van der Waals surface area contributed by atoms with Crippen molar-refractivity contribution in [2.24, 2.45) is 5.41 Å². The molecular formula is C11H22N2O. The summed E-state index contributed by atoms with van der Waals surface area (Å²) in [6, 6.07) is 0.372. The van der Waals surface area contributed by atoms with E-state index in [4.69, 9.17) is 0 Å². The molecule has 0 radical (unpaired) electrons. The molecule has 1 atom stereocenters.